The van der Waals surface area contributed by atoms with Gasteiger partial charge in [0.15, 0.2) is 17.5 Å². The van der Waals surface area contributed by atoms with Crippen molar-refractivity contribution in [3.63, 3.8) is 0 Å². The fraction of sp³-hybridized carbons (Fsp3) is 0.231. The van der Waals surface area contributed by atoms with Crippen molar-refractivity contribution in [1.82, 2.24) is 9.97 Å². The molecule has 0 saturated heterocycles. The third-order valence-corrected chi connectivity index (χ3v) is 2.37. The molecule has 1 aromatic heterocycles. The Morgan fingerprint density at radius 3 is 2.50 bits per heavy atom. The van der Waals surface area contributed by atoms with Crippen molar-refractivity contribution in [2.75, 3.05) is 10.6 Å². The predicted molar refractivity (Wildman–Crippen MR) is 70.4 cm³/mol. The van der Waals surface area contributed by atoms with Crippen molar-refractivity contribution in [1.29, 1.82) is 0 Å². The average Bonchev–Trinajstić information content (AvgIpc) is 2.39. The first-order chi connectivity index (χ1) is 9.47. The highest BCUT2D eigenvalue weighted by molar-refractivity contribution is 5.55. The highest BCUT2D eigenvalue weighted by Gasteiger charge is 2.14. The zero-order chi connectivity index (χ0) is 14.7. The molecule has 0 atom stereocenters. The van der Waals surface area contributed by atoms with Gasteiger partial charge in [0.2, 0.25) is 5.95 Å². The van der Waals surface area contributed by atoms with Gasteiger partial charge in [-0.3, -0.25) is 0 Å². The first kappa shape index (κ1) is 14.1. The minimum absolute atomic E-state index is 0.0839. The van der Waals surface area contributed by atoms with Crippen LogP contribution in [0.5, 0.6) is 0 Å². The fourth-order valence-electron chi connectivity index (χ4n) is 1.54. The molecule has 0 radical (unpaired) electrons. The van der Waals surface area contributed by atoms with Gasteiger partial charge in [-0.25, -0.2) is 18.2 Å². The number of rotatable bonds is 4. The second-order valence-electron chi connectivity index (χ2n) is 4.41. The molecule has 2 rings (SSSR count). The Bertz CT molecular complexity index is 617. The molecule has 0 aliphatic carbocycles. The number of nitrogens with zero attached hydrogens (tertiary/aromatic N) is 2. The zero-order valence-corrected chi connectivity index (χ0v) is 10.9. The largest absolute Gasteiger partial charge is 0.368 e. The SMILES string of the molecule is CC(C)Nc1ccnc(Nc2ccc(F)c(F)c2F)n1. The summed E-state index contributed by atoms with van der Waals surface area (Å²) in [5, 5.41) is 5.56. The van der Waals surface area contributed by atoms with Crippen molar-refractivity contribution in [3.05, 3.63) is 41.8 Å². The lowest BCUT2D eigenvalue weighted by Gasteiger charge is -2.11. The summed E-state index contributed by atoms with van der Waals surface area (Å²) in [4.78, 5) is 7.98. The second kappa shape index (κ2) is 5.77. The van der Waals surface area contributed by atoms with E-state index < -0.39 is 17.5 Å². The molecule has 0 amide bonds. The third kappa shape index (κ3) is 3.17. The van der Waals surface area contributed by atoms with Crippen LogP contribution in [-0.4, -0.2) is 16.0 Å². The van der Waals surface area contributed by atoms with Gasteiger partial charge in [-0.1, -0.05) is 0 Å². The van der Waals surface area contributed by atoms with E-state index in [2.05, 4.69) is 20.6 Å². The topological polar surface area (TPSA) is 49.8 Å². The standard InChI is InChI=1S/C13H13F3N4/c1-7(2)18-10-5-6-17-13(20-10)19-9-4-3-8(14)11(15)12(9)16/h3-7H,1-2H3,(H2,17,18,19,20). The van der Waals surface area contributed by atoms with Crippen LogP contribution in [0.15, 0.2) is 24.4 Å². The lowest BCUT2D eigenvalue weighted by molar-refractivity contribution is 0.449. The summed E-state index contributed by atoms with van der Waals surface area (Å²) in [5.41, 5.74) is -0.231. The molecule has 2 aromatic rings. The normalized spacial score (nSPS) is 10.7. The van der Waals surface area contributed by atoms with Crippen LogP contribution in [0.1, 0.15) is 13.8 Å². The summed E-state index contributed by atoms with van der Waals surface area (Å²) >= 11 is 0. The number of halogens is 3. The maximum atomic E-state index is 13.5. The van der Waals surface area contributed by atoms with E-state index in [4.69, 9.17) is 0 Å². The maximum absolute atomic E-state index is 13.5. The van der Waals surface area contributed by atoms with Gasteiger partial charge in [-0.15, -0.1) is 0 Å². The average molecular weight is 282 g/mol. The van der Waals surface area contributed by atoms with Gasteiger partial charge in [0, 0.05) is 12.2 Å². The van der Waals surface area contributed by atoms with Gasteiger partial charge in [0.1, 0.15) is 5.82 Å². The third-order valence-electron chi connectivity index (χ3n) is 2.37. The molecule has 4 nitrogen and oxygen atoms in total. The summed E-state index contributed by atoms with van der Waals surface area (Å²) in [6.07, 6.45) is 1.47. The summed E-state index contributed by atoms with van der Waals surface area (Å²) in [5.74, 6) is -3.47. The Morgan fingerprint density at radius 1 is 1.05 bits per heavy atom. The van der Waals surface area contributed by atoms with Crippen molar-refractivity contribution in [2.45, 2.75) is 19.9 Å². The van der Waals surface area contributed by atoms with Gasteiger partial charge >= 0.3 is 0 Å². The van der Waals surface area contributed by atoms with Crippen LogP contribution in [-0.2, 0) is 0 Å². The van der Waals surface area contributed by atoms with Gasteiger partial charge in [-0.2, -0.15) is 4.98 Å². The molecule has 0 aliphatic rings. The first-order valence-corrected chi connectivity index (χ1v) is 5.97. The highest BCUT2D eigenvalue weighted by atomic mass is 19.2. The van der Waals surface area contributed by atoms with Crippen LogP contribution in [0, 0.1) is 17.5 Å². The van der Waals surface area contributed by atoms with Crippen LogP contribution in [0.3, 0.4) is 0 Å². The molecule has 0 spiro atoms. The Balaban J connectivity index is 2.24. The summed E-state index contributed by atoms with van der Waals surface area (Å²) in [7, 11) is 0. The first-order valence-electron chi connectivity index (χ1n) is 5.97. The van der Waals surface area contributed by atoms with E-state index >= 15 is 0 Å². The predicted octanol–water partition coefficient (Wildman–Crippen LogP) is 3.46. The number of hydrogen-bond acceptors (Lipinski definition) is 4. The Morgan fingerprint density at radius 2 is 1.80 bits per heavy atom. The molecule has 0 saturated carbocycles. The van der Waals surface area contributed by atoms with Crippen LogP contribution in [0.2, 0.25) is 0 Å². The quantitative estimate of drug-likeness (QED) is 0.843. The van der Waals surface area contributed by atoms with Crippen LogP contribution < -0.4 is 10.6 Å². The van der Waals surface area contributed by atoms with Crippen LogP contribution >= 0.6 is 0 Å². The molecular weight excluding hydrogens is 269 g/mol. The molecule has 0 unspecified atom stereocenters. The molecule has 0 fully saturated rings. The molecule has 20 heavy (non-hydrogen) atoms. The molecule has 106 valence electrons. The maximum Gasteiger partial charge on any atom is 0.229 e. The summed E-state index contributed by atoms with van der Waals surface area (Å²) in [6, 6.07) is 3.72. The van der Waals surface area contributed by atoms with Gasteiger partial charge in [0.05, 0.1) is 5.69 Å². The van der Waals surface area contributed by atoms with E-state index in [1.165, 1.54) is 6.20 Å². The van der Waals surface area contributed by atoms with Crippen molar-refractivity contribution < 1.29 is 13.2 Å². The second-order valence-corrected chi connectivity index (χ2v) is 4.41. The van der Waals surface area contributed by atoms with E-state index in [9.17, 15) is 13.2 Å². The number of aromatic nitrogens is 2. The van der Waals surface area contributed by atoms with E-state index in [0.717, 1.165) is 12.1 Å². The van der Waals surface area contributed by atoms with Crippen molar-refractivity contribution >= 4 is 17.5 Å². The highest BCUT2D eigenvalue weighted by Crippen LogP contribution is 2.22. The Labute approximate surface area is 114 Å². The molecule has 7 heteroatoms. The fourth-order valence-corrected chi connectivity index (χ4v) is 1.54. The van der Waals surface area contributed by atoms with Crippen LogP contribution in [0.25, 0.3) is 0 Å². The lowest BCUT2D eigenvalue weighted by Crippen LogP contribution is -2.12. The van der Waals surface area contributed by atoms with E-state index in [1.54, 1.807) is 6.07 Å². The monoisotopic (exact) mass is 282 g/mol. The van der Waals surface area contributed by atoms with E-state index in [0.29, 0.717) is 5.82 Å². The minimum atomic E-state index is -1.54. The summed E-state index contributed by atoms with van der Waals surface area (Å²) < 4.78 is 39.4. The number of hydrogen-bond donors (Lipinski definition) is 2. The lowest BCUT2D eigenvalue weighted by atomic mass is 10.3. The number of benzene rings is 1. The zero-order valence-electron chi connectivity index (χ0n) is 10.9. The molecule has 0 aliphatic heterocycles. The Hall–Kier alpha value is -2.31. The van der Waals surface area contributed by atoms with Crippen LogP contribution in [0.4, 0.5) is 30.6 Å². The molecule has 0 bridgehead atoms. The molecule has 1 aromatic carbocycles. The molecular formula is C13H13F3N4. The van der Waals surface area contributed by atoms with Gasteiger partial charge in [0.25, 0.3) is 0 Å². The molecule has 1 heterocycles. The molecule has 2 N–H and O–H groups in total. The van der Waals surface area contributed by atoms with E-state index in [-0.39, 0.29) is 17.7 Å². The minimum Gasteiger partial charge on any atom is -0.368 e. The summed E-state index contributed by atoms with van der Waals surface area (Å²) in [6.45, 7) is 3.87. The van der Waals surface area contributed by atoms with E-state index in [1.807, 2.05) is 13.8 Å². The van der Waals surface area contributed by atoms with Gasteiger partial charge < -0.3 is 10.6 Å². The smallest absolute Gasteiger partial charge is 0.229 e. The van der Waals surface area contributed by atoms with Gasteiger partial charge in [-0.05, 0) is 32.0 Å². The Kier molecular flexibility index (Phi) is 4.07. The number of nitrogens with one attached hydrogen (secondary N) is 2. The number of anilines is 3. The van der Waals surface area contributed by atoms with Crippen molar-refractivity contribution in [2.24, 2.45) is 0 Å². The van der Waals surface area contributed by atoms with Crippen molar-refractivity contribution in [3.8, 4) is 0 Å².